The number of nitrogens with zero attached hydrogens (tertiary/aromatic N) is 1. The molecule has 44 valence electrons. The van der Waals surface area contributed by atoms with Crippen LogP contribution in [0.5, 0.6) is 0 Å². The molecule has 1 rings (SSSR count). The van der Waals surface area contributed by atoms with Crippen molar-refractivity contribution in [2.24, 2.45) is 4.99 Å². The molecule has 0 amide bonds. The molecular formula is C4H3Cl2NS. The van der Waals surface area contributed by atoms with Gasteiger partial charge < -0.3 is 0 Å². The molecule has 0 saturated carbocycles. The van der Waals surface area contributed by atoms with Crippen LogP contribution in [0.25, 0.3) is 0 Å². The van der Waals surface area contributed by atoms with Gasteiger partial charge in [0.2, 0.25) is 0 Å². The van der Waals surface area contributed by atoms with Gasteiger partial charge in [0.05, 0.1) is 0 Å². The maximum Gasteiger partial charge on any atom is 0.163 e. The minimum Gasteiger partial charge on any atom is -0.236 e. The number of hydrogen-bond acceptors (Lipinski definition) is 2. The summed E-state index contributed by atoms with van der Waals surface area (Å²) >= 11 is 12.5. The van der Waals surface area contributed by atoms with E-state index >= 15 is 0 Å². The lowest BCUT2D eigenvalue weighted by Gasteiger charge is -2.00. The van der Waals surface area contributed by atoms with E-state index in [0.717, 1.165) is 10.8 Å². The highest BCUT2D eigenvalue weighted by Crippen LogP contribution is 2.20. The van der Waals surface area contributed by atoms with Gasteiger partial charge in [0.1, 0.15) is 0 Å². The van der Waals surface area contributed by atoms with Crippen LogP contribution in [0.2, 0.25) is 0 Å². The summed E-state index contributed by atoms with van der Waals surface area (Å²) in [6.07, 6.45) is 1.57. The number of halogens is 2. The SMILES string of the molecule is ClC1=CN=C(Cl)SC1. The topological polar surface area (TPSA) is 12.4 Å². The molecule has 0 aromatic heterocycles. The Kier molecular flexibility index (Phi) is 2.23. The van der Waals surface area contributed by atoms with E-state index in [-0.39, 0.29) is 0 Å². The van der Waals surface area contributed by atoms with E-state index in [9.17, 15) is 0 Å². The molecule has 0 radical (unpaired) electrons. The predicted octanol–water partition coefficient (Wildman–Crippen LogP) is 2.41. The summed E-state index contributed by atoms with van der Waals surface area (Å²) in [5, 5.41) is 0.749. The molecule has 0 saturated heterocycles. The van der Waals surface area contributed by atoms with Crippen LogP contribution < -0.4 is 0 Å². The summed E-state index contributed by atoms with van der Waals surface area (Å²) < 4.78 is 0.564. The fourth-order valence-electron chi connectivity index (χ4n) is 0.324. The first kappa shape index (κ1) is 6.46. The molecule has 0 atom stereocenters. The van der Waals surface area contributed by atoms with Gasteiger partial charge in [-0.3, -0.25) is 0 Å². The van der Waals surface area contributed by atoms with Crippen molar-refractivity contribution >= 4 is 39.5 Å². The quantitative estimate of drug-likeness (QED) is 0.540. The van der Waals surface area contributed by atoms with Gasteiger partial charge in [-0.25, -0.2) is 4.99 Å². The third-order valence-corrected chi connectivity index (χ3v) is 2.25. The number of thioether (sulfide) groups is 1. The number of aliphatic imine (C=N–C) groups is 1. The van der Waals surface area contributed by atoms with Gasteiger partial charge in [0.25, 0.3) is 0 Å². The molecule has 0 N–H and O–H groups in total. The Morgan fingerprint density at radius 3 is 2.75 bits per heavy atom. The highest BCUT2D eigenvalue weighted by Gasteiger charge is 2.01. The van der Waals surface area contributed by atoms with Crippen LogP contribution in [-0.4, -0.2) is 10.3 Å². The smallest absolute Gasteiger partial charge is 0.163 e. The zero-order valence-electron chi connectivity index (χ0n) is 3.90. The molecular weight excluding hydrogens is 165 g/mol. The van der Waals surface area contributed by atoms with Gasteiger partial charge in [0, 0.05) is 17.0 Å². The third kappa shape index (κ3) is 1.69. The van der Waals surface area contributed by atoms with E-state index < -0.39 is 0 Å². The van der Waals surface area contributed by atoms with Gasteiger partial charge in [0.15, 0.2) is 4.50 Å². The van der Waals surface area contributed by atoms with Gasteiger partial charge in [-0.15, -0.1) is 0 Å². The molecule has 1 aliphatic heterocycles. The van der Waals surface area contributed by atoms with Crippen LogP contribution in [0.4, 0.5) is 0 Å². The van der Waals surface area contributed by atoms with E-state index in [0.29, 0.717) is 4.50 Å². The average Bonchev–Trinajstić information content (AvgIpc) is 1.77. The third-order valence-electron chi connectivity index (χ3n) is 0.635. The molecule has 0 unspecified atom stereocenters. The second-order valence-corrected chi connectivity index (χ2v) is 3.28. The zero-order chi connectivity index (χ0) is 5.98. The first-order valence-corrected chi connectivity index (χ1v) is 3.74. The predicted molar refractivity (Wildman–Crippen MR) is 39.7 cm³/mol. The minimum absolute atomic E-state index is 0.564. The lowest BCUT2D eigenvalue weighted by atomic mass is 10.7. The van der Waals surface area contributed by atoms with Crippen LogP contribution >= 0.6 is 35.0 Å². The molecule has 8 heavy (non-hydrogen) atoms. The molecule has 0 aliphatic carbocycles. The number of rotatable bonds is 0. The van der Waals surface area contributed by atoms with E-state index in [1.165, 1.54) is 11.8 Å². The van der Waals surface area contributed by atoms with Gasteiger partial charge in [-0.1, -0.05) is 35.0 Å². The highest BCUT2D eigenvalue weighted by molar-refractivity contribution is 8.17. The molecule has 1 nitrogen and oxygen atoms in total. The Hall–Kier alpha value is 0.340. The van der Waals surface area contributed by atoms with Crippen molar-refractivity contribution in [3.8, 4) is 0 Å². The van der Waals surface area contributed by atoms with Crippen molar-refractivity contribution in [1.29, 1.82) is 0 Å². The van der Waals surface area contributed by atoms with Crippen molar-refractivity contribution in [2.45, 2.75) is 0 Å². The van der Waals surface area contributed by atoms with Crippen LogP contribution in [0.3, 0.4) is 0 Å². The van der Waals surface area contributed by atoms with Gasteiger partial charge in [-0.05, 0) is 0 Å². The Balaban J connectivity index is 2.65. The molecule has 1 heterocycles. The zero-order valence-corrected chi connectivity index (χ0v) is 6.22. The van der Waals surface area contributed by atoms with Crippen LogP contribution in [0.15, 0.2) is 16.2 Å². The van der Waals surface area contributed by atoms with Gasteiger partial charge in [-0.2, -0.15) is 0 Å². The maximum atomic E-state index is 5.56. The van der Waals surface area contributed by atoms with E-state index in [1.807, 2.05) is 0 Å². The van der Waals surface area contributed by atoms with Crippen molar-refractivity contribution in [2.75, 3.05) is 5.75 Å². The Labute approximate surface area is 61.8 Å². The normalized spacial score (nSPS) is 19.8. The van der Waals surface area contributed by atoms with Crippen molar-refractivity contribution in [1.82, 2.24) is 0 Å². The molecule has 1 aliphatic rings. The summed E-state index contributed by atoms with van der Waals surface area (Å²) in [4.78, 5) is 3.76. The Bertz CT molecular complexity index is 134. The summed E-state index contributed by atoms with van der Waals surface area (Å²) in [5.74, 6) is 0.754. The van der Waals surface area contributed by atoms with E-state index in [2.05, 4.69) is 4.99 Å². The van der Waals surface area contributed by atoms with Crippen LogP contribution in [-0.2, 0) is 0 Å². The number of hydrogen-bond donors (Lipinski definition) is 0. The second-order valence-electron chi connectivity index (χ2n) is 1.25. The highest BCUT2D eigenvalue weighted by atomic mass is 35.5. The van der Waals surface area contributed by atoms with Gasteiger partial charge >= 0.3 is 0 Å². The van der Waals surface area contributed by atoms with Crippen molar-refractivity contribution < 1.29 is 0 Å². The van der Waals surface area contributed by atoms with E-state index in [1.54, 1.807) is 6.20 Å². The van der Waals surface area contributed by atoms with E-state index in [4.69, 9.17) is 23.2 Å². The second kappa shape index (κ2) is 2.76. The minimum atomic E-state index is 0.564. The molecule has 0 aromatic rings. The lowest BCUT2D eigenvalue weighted by Crippen LogP contribution is -1.88. The average molecular weight is 168 g/mol. The largest absolute Gasteiger partial charge is 0.236 e. The van der Waals surface area contributed by atoms with Crippen LogP contribution in [0.1, 0.15) is 0 Å². The van der Waals surface area contributed by atoms with Crippen molar-refractivity contribution in [3.63, 3.8) is 0 Å². The summed E-state index contributed by atoms with van der Waals surface area (Å²) in [6, 6.07) is 0. The summed E-state index contributed by atoms with van der Waals surface area (Å²) in [7, 11) is 0. The lowest BCUT2D eigenvalue weighted by molar-refractivity contribution is 1.51. The Morgan fingerprint density at radius 1 is 1.62 bits per heavy atom. The molecule has 0 bridgehead atoms. The molecule has 0 spiro atoms. The van der Waals surface area contributed by atoms with Crippen LogP contribution in [0, 0.1) is 0 Å². The fraction of sp³-hybridized carbons (Fsp3) is 0.250. The molecule has 0 fully saturated rings. The molecule has 0 aromatic carbocycles. The Morgan fingerprint density at radius 2 is 2.38 bits per heavy atom. The fourth-order valence-corrected chi connectivity index (χ4v) is 1.21. The standard InChI is InChI=1S/C4H3Cl2NS/c5-3-1-7-4(6)8-2-3/h1H,2H2. The summed E-state index contributed by atoms with van der Waals surface area (Å²) in [5.41, 5.74) is 0. The summed E-state index contributed by atoms with van der Waals surface area (Å²) in [6.45, 7) is 0. The monoisotopic (exact) mass is 167 g/mol. The first-order valence-electron chi connectivity index (χ1n) is 1.99. The van der Waals surface area contributed by atoms with Crippen molar-refractivity contribution in [3.05, 3.63) is 11.2 Å². The first-order chi connectivity index (χ1) is 3.79. The molecule has 4 heteroatoms. The maximum absolute atomic E-state index is 5.56.